The molecule has 1 atom stereocenters. The van der Waals surface area contributed by atoms with Gasteiger partial charge >= 0.3 is 5.97 Å². The molecule has 0 aliphatic carbocycles. The van der Waals surface area contributed by atoms with Gasteiger partial charge in [0, 0.05) is 23.5 Å². The van der Waals surface area contributed by atoms with Crippen molar-refractivity contribution in [2.45, 2.75) is 19.3 Å². The van der Waals surface area contributed by atoms with Gasteiger partial charge in [0.25, 0.3) is 0 Å². The van der Waals surface area contributed by atoms with Gasteiger partial charge in [-0.3, -0.25) is 4.79 Å². The molecule has 0 aliphatic rings. The number of carbonyl (C=O) groups is 1. The summed E-state index contributed by atoms with van der Waals surface area (Å²) in [5, 5.41) is 17.2. The molecule has 1 unspecified atom stereocenters. The minimum absolute atomic E-state index is 0. The Kier molecular flexibility index (Phi) is 12.3. The molecule has 6 rings (SSSR count). The topological polar surface area (TPSA) is 37.3 Å². The second kappa shape index (κ2) is 16.3. The zero-order valence-electron chi connectivity index (χ0n) is 24.0. The van der Waals surface area contributed by atoms with E-state index in [0.29, 0.717) is 0 Å². The Morgan fingerprint density at radius 1 is 0.674 bits per heavy atom. The third kappa shape index (κ3) is 8.51. The monoisotopic (exact) mass is 640 g/mol. The van der Waals surface area contributed by atoms with E-state index in [9.17, 15) is 4.79 Å². The van der Waals surface area contributed by atoms with Crippen LogP contribution in [0.1, 0.15) is 24.8 Å². The molecule has 0 saturated carbocycles. The van der Waals surface area contributed by atoms with Crippen LogP contribution in [0.4, 0.5) is 0 Å². The van der Waals surface area contributed by atoms with Crippen LogP contribution in [-0.4, -0.2) is 11.1 Å². The predicted octanol–water partition coefficient (Wildman–Crippen LogP) is 6.90. The Morgan fingerprint density at radius 2 is 1.09 bits per heavy atom. The summed E-state index contributed by atoms with van der Waals surface area (Å²) in [6.07, 6.45) is 0.157. The first kappa shape index (κ1) is 32.3. The van der Waals surface area contributed by atoms with Gasteiger partial charge in [0.1, 0.15) is 0 Å². The Morgan fingerprint density at radius 3 is 1.51 bits per heavy atom. The minimum atomic E-state index is -0.751. The van der Waals surface area contributed by atoms with Crippen molar-refractivity contribution in [1.82, 2.24) is 0 Å². The normalized spacial score (nSPS) is 11.3. The summed E-state index contributed by atoms with van der Waals surface area (Å²) < 4.78 is 0. The van der Waals surface area contributed by atoms with E-state index >= 15 is 0 Å². The van der Waals surface area contributed by atoms with Crippen LogP contribution < -0.4 is 31.8 Å². The van der Waals surface area contributed by atoms with Gasteiger partial charge < -0.3 is 34.7 Å². The largest absolute Gasteiger partial charge is 0.747 e. The Hall–Kier alpha value is -3.57. The second-order valence-electron chi connectivity index (χ2n) is 10.0. The summed E-state index contributed by atoms with van der Waals surface area (Å²) in [6, 6.07) is 57.5. The maximum absolute atomic E-state index is 11.1. The van der Waals surface area contributed by atoms with Crippen molar-refractivity contribution in [2.24, 2.45) is 0 Å². The molecule has 0 fully saturated rings. The minimum Gasteiger partial charge on any atom is -0.747 e. The first-order chi connectivity index (χ1) is 20.6. The van der Waals surface area contributed by atoms with Crippen LogP contribution in [-0.2, 0) is 21.9 Å². The Labute approximate surface area is 268 Å². The number of carboxylic acid groups (broad SMARTS) is 1. The number of rotatable bonds is 9. The van der Waals surface area contributed by atoms with E-state index in [-0.39, 0.29) is 29.4 Å². The second-order valence-corrected chi connectivity index (χ2v) is 14.4. The van der Waals surface area contributed by atoms with Gasteiger partial charge in [0.2, 0.25) is 0 Å². The van der Waals surface area contributed by atoms with E-state index in [2.05, 4.69) is 146 Å². The first-order valence-electron chi connectivity index (χ1n) is 14.1. The molecule has 0 aromatic heterocycles. The molecule has 222 valence electrons. The summed E-state index contributed by atoms with van der Waals surface area (Å²) in [5.74, 6) is -0.747. The van der Waals surface area contributed by atoms with Crippen LogP contribution in [0.2, 0.25) is 0 Å². The van der Waals surface area contributed by atoms with Gasteiger partial charge in [0.15, 0.2) is 0 Å². The van der Waals surface area contributed by atoms with E-state index in [1.807, 2.05) is 25.1 Å². The molecule has 43 heavy (non-hydrogen) atoms. The molecule has 6 aromatic rings. The molecule has 0 amide bonds. The van der Waals surface area contributed by atoms with Crippen molar-refractivity contribution in [1.29, 1.82) is 0 Å². The maximum Gasteiger partial charge on any atom is 0.302 e. The summed E-state index contributed by atoms with van der Waals surface area (Å²) in [6.45, 7) is 2.00. The summed E-state index contributed by atoms with van der Waals surface area (Å²) in [4.78, 5) is 11.1. The van der Waals surface area contributed by atoms with Crippen LogP contribution in [0.25, 0.3) is 0 Å². The van der Waals surface area contributed by atoms with Gasteiger partial charge in [-0.2, -0.15) is 6.07 Å². The van der Waals surface area contributed by atoms with Crippen molar-refractivity contribution in [3.63, 3.8) is 0 Å². The molecule has 6 aromatic carbocycles. The van der Waals surface area contributed by atoms with Gasteiger partial charge in [0.05, 0.1) is 0 Å². The molecule has 0 saturated heterocycles. The number of benzene rings is 4. The van der Waals surface area contributed by atoms with Gasteiger partial charge in [-0.1, -0.05) is 145 Å². The SMILES string of the molecule is CC(CC(=O)O)[c-]1cccc1P(c1ccccc1)c1ccccc1.[Fe].c1ccc(P(c2ccccc2)[c-]2[cH-][cH-][cH-][cH-]2)cc1. The fourth-order valence-corrected chi connectivity index (χ4v) is 10.0. The van der Waals surface area contributed by atoms with E-state index in [0.717, 1.165) is 5.56 Å². The quantitative estimate of drug-likeness (QED) is 0.106. The van der Waals surface area contributed by atoms with Gasteiger partial charge in [-0.15, -0.1) is 10.9 Å². The molecular weight excluding hydrogens is 606 g/mol. The molecule has 0 radical (unpaired) electrons. The van der Waals surface area contributed by atoms with Crippen LogP contribution in [0, 0.1) is 0 Å². The average Bonchev–Trinajstić information content (AvgIpc) is 3.73. The van der Waals surface area contributed by atoms with E-state index in [1.165, 1.54) is 31.8 Å². The van der Waals surface area contributed by atoms with Gasteiger partial charge in [-0.05, 0) is 18.5 Å². The number of carboxylic acids is 1. The van der Waals surface area contributed by atoms with Crippen molar-refractivity contribution in [3.05, 3.63) is 169 Å². The van der Waals surface area contributed by atoms with E-state index in [1.54, 1.807) is 0 Å². The first-order valence-corrected chi connectivity index (χ1v) is 16.8. The third-order valence-electron chi connectivity index (χ3n) is 7.04. The zero-order valence-corrected chi connectivity index (χ0v) is 26.9. The standard InChI is InChI=1S/C21H20O2P.C17H14P.Fe/c1-16(15-21(22)23)19-13-8-14-20(19)24(17-9-4-2-5-10-17)18-11-6-3-7-12-18;1-3-9-15(10-4-1)18(17-13-7-8-14-17)16-11-5-2-6-12-16;/h2-14,16H,15H2,1H3,(H,22,23);1-14H;/q-1;-5;. The van der Waals surface area contributed by atoms with Gasteiger partial charge in [-0.25, -0.2) is 20.1 Å². The van der Waals surface area contributed by atoms with Crippen molar-refractivity contribution < 1.29 is 27.0 Å². The number of hydrogen-bond acceptors (Lipinski definition) is 1. The zero-order chi connectivity index (χ0) is 29.1. The van der Waals surface area contributed by atoms with Crippen LogP contribution >= 0.6 is 15.8 Å². The summed E-state index contributed by atoms with van der Waals surface area (Å²) in [5.41, 5.74) is 1.15. The number of aliphatic carboxylic acids is 1. The van der Waals surface area contributed by atoms with Crippen LogP contribution in [0.15, 0.2) is 164 Å². The molecule has 0 spiro atoms. The molecule has 1 N–H and O–H groups in total. The van der Waals surface area contributed by atoms with Crippen molar-refractivity contribution in [2.75, 3.05) is 0 Å². The van der Waals surface area contributed by atoms with Crippen molar-refractivity contribution >= 4 is 53.6 Å². The van der Waals surface area contributed by atoms with Crippen LogP contribution in [0.3, 0.4) is 0 Å². The molecular formula is C38H34FeO2P2-6. The Balaban J connectivity index is 0.000000199. The predicted molar refractivity (Wildman–Crippen MR) is 182 cm³/mol. The maximum atomic E-state index is 11.1. The van der Waals surface area contributed by atoms with E-state index in [4.69, 9.17) is 5.11 Å². The number of hydrogen-bond donors (Lipinski definition) is 1. The fraction of sp³-hybridized carbons (Fsp3) is 0.0789. The van der Waals surface area contributed by atoms with Crippen molar-refractivity contribution in [3.8, 4) is 0 Å². The average molecular weight is 640 g/mol. The smallest absolute Gasteiger partial charge is 0.302 e. The fourth-order valence-electron chi connectivity index (χ4n) is 5.11. The third-order valence-corrected chi connectivity index (χ3v) is 12.0. The molecule has 0 heterocycles. The molecule has 0 aliphatic heterocycles. The van der Waals surface area contributed by atoms with E-state index < -0.39 is 21.8 Å². The Bertz CT molecular complexity index is 1560. The molecule has 5 heteroatoms. The van der Waals surface area contributed by atoms with Crippen LogP contribution in [0.5, 0.6) is 0 Å². The summed E-state index contributed by atoms with van der Waals surface area (Å²) in [7, 11) is -1.09. The molecule has 2 nitrogen and oxygen atoms in total. The summed E-state index contributed by atoms with van der Waals surface area (Å²) >= 11 is 0. The molecule has 0 bridgehead atoms.